The second-order valence-electron chi connectivity index (χ2n) is 4.46. The van der Waals surface area contributed by atoms with Crippen molar-refractivity contribution >= 4 is 23.6 Å². The minimum Gasteiger partial charge on any atom is -0.369 e. The lowest BCUT2D eigenvalue weighted by Gasteiger charge is -2.09. The molecule has 0 bridgehead atoms. The predicted octanol–water partition coefficient (Wildman–Crippen LogP) is 2.13. The molecule has 0 aliphatic carbocycles. The molecule has 0 saturated carbocycles. The van der Waals surface area contributed by atoms with E-state index in [2.05, 4.69) is 5.48 Å². The van der Waals surface area contributed by atoms with E-state index < -0.39 is 5.91 Å². The van der Waals surface area contributed by atoms with Crippen molar-refractivity contribution < 1.29 is 14.4 Å². The Hall–Kier alpha value is -2.31. The molecular formula is C16H16N2O3S. The van der Waals surface area contributed by atoms with Gasteiger partial charge in [-0.3, -0.25) is 14.4 Å². The number of hydroxylamine groups is 1. The van der Waals surface area contributed by atoms with E-state index in [0.29, 0.717) is 10.5 Å². The van der Waals surface area contributed by atoms with E-state index in [1.165, 1.54) is 11.8 Å². The summed E-state index contributed by atoms with van der Waals surface area (Å²) in [4.78, 5) is 28.9. The number of benzene rings is 2. The van der Waals surface area contributed by atoms with Gasteiger partial charge in [0.15, 0.2) is 0 Å². The van der Waals surface area contributed by atoms with Gasteiger partial charge in [0.1, 0.15) is 0 Å². The molecule has 0 fully saturated rings. The number of carbonyl (C=O) groups excluding carboxylic acids is 2. The quantitative estimate of drug-likeness (QED) is 0.605. The lowest BCUT2D eigenvalue weighted by atomic mass is 10.2. The van der Waals surface area contributed by atoms with Crippen molar-refractivity contribution in [3.8, 4) is 0 Å². The Labute approximate surface area is 132 Å². The highest BCUT2D eigenvalue weighted by molar-refractivity contribution is 8.00. The van der Waals surface area contributed by atoms with E-state index in [4.69, 9.17) is 10.6 Å². The summed E-state index contributed by atoms with van der Waals surface area (Å²) < 4.78 is 0. The molecule has 0 aliphatic heterocycles. The summed E-state index contributed by atoms with van der Waals surface area (Å²) in [6.45, 7) is 0.281. The highest BCUT2D eigenvalue weighted by Gasteiger charge is 2.12. The number of hydrogen-bond acceptors (Lipinski definition) is 4. The first kappa shape index (κ1) is 16.1. The molecule has 0 saturated heterocycles. The second kappa shape index (κ2) is 8.21. The fraction of sp³-hybridized carbons (Fsp3) is 0.125. The summed E-state index contributed by atoms with van der Waals surface area (Å²) in [5, 5.41) is 0. The highest BCUT2D eigenvalue weighted by atomic mass is 32.2. The van der Waals surface area contributed by atoms with Gasteiger partial charge in [-0.2, -0.15) is 0 Å². The molecule has 0 aliphatic rings. The number of carbonyl (C=O) groups is 2. The highest BCUT2D eigenvalue weighted by Crippen LogP contribution is 2.22. The zero-order chi connectivity index (χ0) is 15.8. The second-order valence-corrected chi connectivity index (χ2v) is 5.47. The van der Waals surface area contributed by atoms with E-state index in [0.717, 1.165) is 5.56 Å². The lowest BCUT2D eigenvalue weighted by molar-refractivity contribution is -0.115. The fourth-order valence-corrected chi connectivity index (χ4v) is 2.53. The van der Waals surface area contributed by atoms with Crippen LogP contribution in [0.3, 0.4) is 0 Å². The summed E-state index contributed by atoms with van der Waals surface area (Å²) in [6.07, 6.45) is 0. The van der Waals surface area contributed by atoms with Crippen LogP contribution >= 0.6 is 11.8 Å². The zero-order valence-electron chi connectivity index (χ0n) is 11.8. The molecule has 0 unspecified atom stereocenters. The summed E-state index contributed by atoms with van der Waals surface area (Å²) in [7, 11) is 0. The molecule has 5 nitrogen and oxygen atoms in total. The van der Waals surface area contributed by atoms with Crippen molar-refractivity contribution in [2.75, 3.05) is 5.75 Å². The molecule has 22 heavy (non-hydrogen) atoms. The molecule has 0 spiro atoms. The van der Waals surface area contributed by atoms with Gasteiger partial charge in [-0.25, -0.2) is 5.48 Å². The van der Waals surface area contributed by atoms with Crippen LogP contribution < -0.4 is 11.2 Å². The number of rotatable bonds is 7. The molecule has 2 amide bonds. The van der Waals surface area contributed by atoms with Crippen LogP contribution in [-0.4, -0.2) is 17.6 Å². The molecule has 2 rings (SSSR count). The van der Waals surface area contributed by atoms with E-state index in [9.17, 15) is 9.59 Å². The van der Waals surface area contributed by atoms with Gasteiger partial charge in [0.25, 0.3) is 5.91 Å². The Morgan fingerprint density at radius 3 is 2.45 bits per heavy atom. The van der Waals surface area contributed by atoms with Gasteiger partial charge in [0, 0.05) is 4.90 Å². The van der Waals surface area contributed by atoms with Gasteiger partial charge < -0.3 is 5.73 Å². The molecule has 3 N–H and O–H groups in total. The smallest absolute Gasteiger partial charge is 0.275 e. The maximum Gasteiger partial charge on any atom is 0.275 e. The summed E-state index contributed by atoms with van der Waals surface area (Å²) >= 11 is 1.22. The molecule has 6 heteroatoms. The number of amides is 2. The Bertz CT molecular complexity index is 647. The first-order valence-corrected chi connectivity index (χ1v) is 7.61. The maximum absolute atomic E-state index is 12.1. The lowest BCUT2D eigenvalue weighted by Crippen LogP contribution is -2.24. The Morgan fingerprint density at radius 1 is 1.05 bits per heavy atom. The molecule has 2 aromatic carbocycles. The number of nitrogens with one attached hydrogen (secondary N) is 1. The Balaban J connectivity index is 1.93. The maximum atomic E-state index is 12.1. The summed E-state index contributed by atoms with van der Waals surface area (Å²) in [5.74, 6) is -0.668. The van der Waals surface area contributed by atoms with Crippen LogP contribution in [0.5, 0.6) is 0 Å². The van der Waals surface area contributed by atoms with E-state index in [1.54, 1.807) is 24.3 Å². The number of thioether (sulfide) groups is 1. The molecule has 0 aromatic heterocycles. The van der Waals surface area contributed by atoms with Crippen LogP contribution in [0.15, 0.2) is 59.5 Å². The number of primary amides is 1. The third kappa shape index (κ3) is 4.91. The molecular weight excluding hydrogens is 300 g/mol. The predicted molar refractivity (Wildman–Crippen MR) is 85.1 cm³/mol. The number of nitrogens with two attached hydrogens (primary N) is 1. The SMILES string of the molecule is NC(=O)CSc1ccccc1C(=O)NOCc1ccccc1. The van der Waals surface area contributed by atoms with Crippen LogP contribution in [0.25, 0.3) is 0 Å². The van der Waals surface area contributed by atoms with Crippen LogP contribution in [0.4, 0.5) is 0 Å². The van der Waals surface area contributed by atoms with Gasteiger partial charge in [0.2, 0.25) is 5.91 Å². The van der Waals surface area contributed by atoms with E-state index >= 15 is 0 Å². The molecule has 2 aromatic rings. The van der Waals surface area contributed by atoms with Crippen LogP contribution in [0, 0.1) is 0 Å². The average Bonchev–Trinajstić information content (AvgIpc) is 2.54. The topological polar surface area (TPSA) is 81.4 Å². The van der Waals surface area contributed by atoms with Gasteiger partial charge in [-0.15, -0.1) is 11.8 Å². The van der Waals surface area contributed by atoms with E-state index in [-0.39, 0.29) is 18.3 Å². The van der Waals surface area contributed by atoms with Crippen molar-refractivity contribution in [1.29, 1.82) is 0 Å². The van der Waals surface area contributed by atoms with Gasteiger partial charge >= 0.3 is 0 Å². The van der Waals surface area contributed by atoms with Gasteiger partial charge in [0.05, 0.1) is 17.9 Å². The Morgan fingerprint density at radius 2 is 1.73 bits per heavy atom. The third-order valence-corrected chi connectivity index (χ3v) is 3.84. The minimum atomic E-state index is -0.430. The van der Waals surface area contributed by atoms with Crippen molar-refractivity contribution in [1.82, 2.24) is 5.48 Å². The fourth-order valence-electron chi connectivity index (χ4n) is 1.74. The van der Waals surface area contributed by atoms with Crippen molar-refractivity contribution in [2.45, 2.75) is 11.5 Å². The molecule has 0 atom stereocenters. The van der Waals surface area contributed by atoms with Crippen molar-refractivity contribution in [3.63, 3.8) is 0 Å². The third-order valence-electron chi connectivity index (χ3n) is 2.75. The standard InChI is InChI=1S/C16H16N2O3S/c17-15(19)11-22-14-9-5-4-8-13(14)16(20)18-21-10-12-6-2-1-3-7-12/h1-9H,10-11H2,(H2,17,19)(H,18,20). The zero-order valence-corrected chi connectivity index (χ0v) is 12.6. The van der Waals surface area contributed by atoms with Crippen molar-refractivity contribution in [2.24, 2.45) is 5.73 Å². The first-order chi connectivity index (χ1) is 10.7. The molecule has 0 radical (unpaired) electrons. The van der Waals surface area contributed by atoms with Crippen molar-refractivity contribution in [3.05, 3.63) is 65.7 Å². The van der Waals surface area contributed by atoms with Crippen LogP contribution in [0.1, 0.15) is 15.9 Å². The molecule has 0 heterocycles. The number of hydrogen-bond donors (Lipinski definition) is 2. The Kier molecular flexibility index (Phi) is 6.00. The van der Waals surface area contributed by atoms with E-state index in [1.807, 2.05) is 30.3 Å². The first-order valence-electron chi connectivity index (χ1n) is 6.63. The largest absolute Gasteiger partial charge is 0.369 e. The van der Waals surface area contributed by atoms with Gasteiger partial charge in [-0.1, -0.05) is 42.5 Å². The minimum absolute atomic E-state index is 0.120. The molecule has 114 valence electrons. The van der Waals surface area contributed by atoms with Gasteiger partial charge in [-0.05, 0) is 17.7 Å². The summed E-state index contributed by atoms with van der Waals surface area (Å²) in [5.41, 5.74) is 8.94. The normalized spacial score (nSPS) is 10.2. The monoisotopic (exact) mass is 316 g/mol. The average molecular weight is 316 g/mol. The van der Waals surface area contributed by atoms with Crippen LogP contribution in [-0.2, 0) is 16.2 Å². The summed E-state index contributed by atoms with van der Waals surface area (Å²) in [6, 6.07) is 16.5. The van der Waals surface area contributed by atoms with Crippen LogP contribution in [0.2, 0.25) is 0 Å².